The van der Waals surface area contributed by atoms with E-state index >= 15 is 0 Å². The van der Waals surface area contributed by atoms with Crippen LogP contribution in [0.15, 0.2) is 36.4 Å². The largest absolute Gasteiger partial charge is 0.497 e. The summed E-state index contributed by atoms with van der Waals surface area (Å²) < 4.78 is 5.17. The van der Waals surface area contributed by atoms with Gasteiger partial charge < -0.3 is 15.2 Å². The van der Waals surface area contributed by atoms with E-state index < -0.39 is 6.10 Å². The van der Waals surface area contributed by atoms with Gasteiger partial charge in [-0.1, -0.05) is 12.1 Å². The zero-order chi connectivity index (χ0) is 14.5. The lowest BCUT2D eigenvalue weighted by Gasteiger charge is -2.17. The summed E-state index contributed by atoms with van der Waals surface area (Å²) in [5.74, 6) is 0.767. The minimum absolute atomic E-state index is 0.244. The molecule has 0 saturated carbocycles. The molecular formula is C16H21NO2S. The fourth-order valence-corrected chi connectivity index (χ4v) is 2.95. The Morgan fingerprint density at radius 3 is 2.75 bits per heavy atom. The first-order valence-electron chi connectivity index (χ1n) is 6.72. The summed E-state index contributed by atoms with van der Waals surface area (Å²) in [6.45, 7) is 4.74. The number of hydrogen-bond donors (Lipinski definition) is 2. The number of nitrogens with one attached hydrogen (secondary N) is 1. The molecule has 2 atom stereocenters. The summed E-state index contributed by atoms with van der Waals surface area (Å²) in [6.07, 6.45) is -0.534. The van der Waals surface area contributed by atoms with E-state index in [1.54, 1.807) is 18.4 Å². The Kier molecular flexibility index (Phi) is 5.17. The van der Waals surface area contributed by atoms with Gasteiger partial charge in [-0.15, -0.1) is 11.3 Å². The predicted octanol–water partition coefficient (Wildman–Crippen LogP) is 3.45. The Bertz CT molecular complexity index is 553. The number of hydrogen-bond acceptors (Lipinski definition) is 4. The molecule has 2 N–H and O–H groups in total. The molecule has 0 aliphatic rings. The monoisotopic (exact) mass is 291 g/mol. The summed E-state index contributed by atoms with van der Waals surface area (Å²) in [5, 5.41) is 13.6. The highest BCUT2D eigenvalue weighted by molar-refractivity contribution is 7.12. The van der Waals surface area contributed by atoms with Crippen LogP contribution in [0.1, 0.15) is 34.4 Å². The van der Waals surface area contributed by atoms with E-state index in [2.05, 4.69) is 31.3 Å². The van der Waals surface area contributed by atoms with E-state index in [0.717, 1.165) is 11.3 Å². The number of benzene rings is 1. The standard InChI is InChI=1S/C16H21NO2S/c1-11-7-8-16(20-11)12(2)17-10-15(18)13-5-4-6-14(9-13)19-3/h4-9,12,15,17-18H,10H2,1-3H3. The summed E-state index contributed by atoms with van der Waals surface area (Å²) in [5.41, 5.74) is 0.867. The highest BCUT2D eigenvalue weighted by Crippen LogP contribution is 2.23. The third-order valence-corrected chi connectivity index (χ3v) is 4.47. The zero-order valence-electron chi connectivity index (χ0n) is 12.1. The maximum atomic E-state index is 10.2. The Hall–Kier alpha value is -1.36. The van der Waals surface area contributed by atoms with E-state index in [1.165, 1.54) is 9.75 Å². The van der Waals surface area contributed by atoms with Gasteiger partial charge >= 0.3 is 0 Å². The maximum Gasteiger partial charge on any atom is 0.119 e. The number of thiophene rings is 1. The number of aliphatic hydroxyl groups excluding tert-OH is 1. The second-order valence-electron chi connectivity index (χ2n) is 4.87. The number of methoxy groups -OCH3 is 1. The Labute approximate surface area is 124 Å². The van der Waals surface area contributed by atoms with Crippen LogP contribution in [-0.2, 0) is 0 Å². The van der Waals surface area contributed by atoms with Gasteiger partial charge in [-0.05, 0) is 43.7 Å². The average Bonchev–Trinajstić information content (AvgIpc) is 2.91. The van der Waals surface area contributed by atoms with Crippen LogP contribution in [0.25, 0.3) is 0 Å². The SMILES string of the molecule is COc1cccc(C(O)CNC(C)c2ccc(C)s2)c1. The van der Waals surface area contributed by atoms with Crippen LogP contribution in [0.4, 0.5) is 0 Å². The summed E-state index contributed by atoms with van der Waals surface area (Å²) in [4.78, 5) is 2.60. The van der Waals surface area contributed by atoms with E-state index in [9.17, 15) is 5.11 Å². The topological polar surface area (TPSA) is 41.5 Å². The molecule has 0 fully saturated rings. The van der Waals surface area contributed by atoms with Crippen LogP contribution in [0.2, 0.25) is 0 Å². The molecule has 0 saturated heterocycles. The molecule has 0 spiro atoms. The molecule has 20 heavy (non-hydrogen) atoms. The van der Waals surface area contributed by atoms with Gasteiger partial charge in [-0.25, -0.2) is 0 Å². The third-order valence-electron chi connectivity index (χ3n) is 3.28. The molecule has 1 aromatic heterocycles. The normalized spacial score (nSPS) is 14.0. The number of ether oxygens (including phenoxy) is 1. The zero-order valence-corrected chi connectivity index (χ0v) is 12.9. The van der Waals surface area contributed by atoms with Crippen LogP contribution in [-0.4, -0.2) is 18.8 Å². The van der Waals surface area contributed by atoms with Gasteiger partial charge in [0.15, 0.2) is 0 Å². The molecule has 0 radical (unpaired) electrons. The van der Waals surface area contributed by atoms with Crippen LogP contribution in [0.3, 0.4) is 0 Å². The maximum absolute atomic E-state index is 10.2. The molecule has 3 nitrogen and oxygen atoms in total. The van der Waals surface area contributed by atoms with Crippen molar-refractivity contribution in [3.8, 4) is 5.75 Å². The van der Waals surface area contributed by atoms with Gasteiger partial charge in [0, 0.05) is 22.3 Å². The molecule has 1 aromatic carbocycles. The minimum Gasteiger partial charge on any atom is -0.497 e. The van der Waals surface area contributed by atoms with Gasteiger partial charge in [-0.3, -0.25) is 0 Å². The van der Waals surface area contributed by atoms with Crippen molar-refractivity contribution in [2.45, 2.75) is 26.0 Å². The highest BCUT2D eigenvalue weighted by Gasteiger charge is 2.12. The molecule has 0 amide bonds. The van der Waals surface area contributed by atoms with Crippen molar-refractivity contribution in [3.05, 3.63) is 51.7 Å². The predicted molar refractivity (Wildman–Crippen MR) is 83.4 cm³/mol. The Balaban J connectivity index is 1.92. The molecule has 0 aliphatic heterocycles. The van der Waals surface area contributed by atoms with Crippen molar-refractivity contribution in [1.29, 1.82) is 0 Å². The second-order valence-corrected chi connectivity index (χ2v) is 6.19. The molecule has 2 rings (SSSR count). The first-order chi connectivity index (χ1) is 9.60. The van der Waals surface area contributed by atoms with Gasteiger partial charge in [-0.2, -0.15) is 0 Å². The van der Waals surface area contributed by atoms with Crippen molar-refractivity contribution in [2.24, 2.45) is 0 Å². The second kappa shape index (κ2) is 6.88. The fraction of sp³-hybridized carbons (Fsp3) is 0.375. The van der Waals surface area contributed by atoms with Gasteiger partial charge in [0.2, 0.25) is 0 Å². The molecule has 2 aromatic rings. The number of aryl methyl sites for hydroxylation is 1. The first kappa shape index (κ1) is 15.0. The lowest BCUT2D eigenvalue weighted by atomic mass is 10.1. The first-order valence-corrected chi connectivity index (χ1v) is 7.53. The van der Waals surface area contributed by atoms with Gasteiger partial charge in [0.25, 0.3) is 0 Å². The Morgan fingerprint density at radius 1 is 1.30 bits per heavy atom. The van der Waals surface area contributed by atoms with Crippen LogP contribution < -0.4 is 10.1 Å². The lowest BCUT2D eigenvalue weighted by Crippen LogP contribution is -2.24. The van der Waals surface area contributed by atoms with Gasteiger partial charge in [0.1, 0.15) is 5.75 Å². The molecule has 4 heteroatoms. The number of rotatable bonds is 6. The van der Waals surface area contributed by atoms with E-state index in [4.69, 9.17) is 4.74 Å². The van der Waals surface area contributed by atoms with Crippen LogP contribution in [0.5, 0.6) is 5.75 Å². The van der Waals surface area contributed by atoms with Crippen molar-refractivity contribution in [1.82, 2.24) is 5.32 Å². The van der Waals surface area contributed by atoms with Crippen molar-refractivity contribution in [3.63, 3.8) is 0 Å². The van der Waals surface area contributed by atoms with Crippen molar-refractivity contribution in [2.75, 3.05) is 13.7 Å². The van der Waals surface area contributed by atoms with Crippen LogP contribution >= 0.6 is 11.3 Å². The van der Waals surface area contributed by atoms with Gasteiger partial charge in [0.05, 0.1) is 13.2 Å². The molecule has 1 heterocycles. The van der Waals surface area contributed by atoms with E-state index in [0.29, 0.717) is 6.54 Å². The van der Waals surface area contributed by atoms with Crippen molar-refractivity contribution >= 4 is 11.3 Å². The molecule has 2 unspecified atom stereocenters. The fourth-order valence-electron chi connectivity index (χ4n) is 2.04. The Morgan fingerprint density at radius 2 is 2.10 bits per heavy atom. The summed E-state index contributed by atoms with van der Waals surface area (Å²) in [7, 11) is 1.63. The molecule has 0 aliphatic carbocycles. The lowest BCUT2D eigenvalue weighted by molar-refractivity contribution is 0.170. The minimum atomic E-state index is -0.534. The quantitative estimate of drug-likeness (QED) is 0.856. The molecule has 0 bridgehead atoms. The molecule has 108 valence electrons. The number of aliphatic hydroxyl groups is 1. The van der Waals surface area contributed by atoms with E-state index in [1.807, 2.05) is 24.3 Å². The summed E-state index contributed by atoms with van der Waals surface area (Å²) >= 11 is 1.79. The molecular weight excluding hydrogens is 270 g/mol. The smallest absolute Gasteiger partial charge is 0.119 e. The average molecular weight is 291 g/mol. The highest BCUT2D eigenvalue weighted by atomic mass is 32.1. The third kappa shape index (κ3) is 3.82. The van der Waals surface area contributed by atoms with Crippen LogP contribution in [0, 0.1) is 6.92 Å². The van der Waals surface area contributed by atoms with Crippen molar-refractivity contribution < 1.29 is 9.84 Å². The summed E-state index contributed by atoms with van der Waals surface area (Å²) in [6, 6.07) is 12.0. The van der Waals surface area contributed by atoms with E-state index in [-0.39, 0.29) is 6.04 Å².